The molecule has 0 aliphatic heterocycles. The largest absolute Gasteiger partial charge is 0.461 e. The summed E-state index contributed by atoms with van der Waals surface area (Å²) in [6, 6.07) is 7.74. The molecule has 3 rings (SSSR count). The number of aromatic nitrogens is 4. The molecule has 19 heavy (non-hydrogen) atoms. The molecule has 0 atom stereocenters. The lowest BCUT2D eigenvalue weighted by Gasteiger charge is -2.08. The molecule has 0 unspecified atom stereocenters. The minimum absolute atomic E-state index is 0.667. The Morgan fingerprint density at radius 3 is 2.63 bits per heavy atom. The third kappa shape index (κ3) is 2.03. The molecule has 0 aromatic carbocycles. The maximum absolute atomic E-state index is 5.40. The number of hydrogen-bond donors (Lipinski definition) is 0. The van der Waals surface area contributed by atoms with Gasteiger partial charge in [0.2, 0.25) is 5.82 Å². The average Bonchev–Trinajstić information content (AvgIpc) is 2.95. The number of hydrogen-bond acceptors (Lipinski definition) is 4. The topological polar surface area (TPSA) is 56.7 Å². The van der Waals surface area contributed by atoms with Gasteiger partial charge < -0.3 is 4.42 Å². The minimum Gasteiger partial charge on any atom is -0.461 e. The van der Waals surface area contributed by atoms with Crippen LogP contribution in [0.2, 0.25) is 0 Å². The summed E-state index contributed by atoms with van der Waals surface area (Å²) in [4.78, 5) is 4.55. The molecule has 0 aliphatic carbocycles. The van der Waals surface area contributed by atoms with E-state index >= 15 is 0 Å². The van der Waals surface area contributed by atoms with E-state index in [2.05, 4.69) is 15.2 Å². The van der Waals surface area contributed by atoms with Gasteiger partial charge in [-0.25, -0.2) is 4.98 Å². The van der Waals surface area contributed by atoms with Gasteiger partial charge in [-0.2, -0.15) is 0 Å². The highest BCUT2D eigenvalue weighted by atomic mass is 16.3. The highest BCUT2D eigenvalue weighted by Gasteiger charge is 2.16. The van der Waals surface area contributed by atoms with Gasteiger partial charge >= 0.3 is 0 Å². The molecule has 3 aromatic heterocycles. The summed E-state index contributed by atoms with van der Waals surface area (Å²) in [5.41, 5.74) is 2.12. The van der Waals surface area contributed by atoms with Gasteiger partial charge in [0.05, 0.1) is 6.26 Å². The highest BCUT2D eigenvalue weighted by Crippen LogP contribution is 2.22. The van der Waals surface area contributed by atoms with Gasteiger partial charge in [0.15, 0.2) is 5.76 Å². The van der Waals surface area contributed by atoms with Crippen LogP contribution in [0.1, 0.15) is 17.1 Å². The first-order chi connectivity index (χ1) is 9.15. The van der Waals surface area contributed by atoms with Gasteiger partial charge in [-0.1, -0.05) is 0 Å². The molecule has 96 valence electrons. The molecule has 0 saturated heterocycles. The fourth-order valence-corrected chi connectivity index (χ4v) is 2.14. The third-order valence-corrected chi connectivity index (χ3v) is 2.88. The molecular formula is C14H14N4O. The minimum atomic E-state index is 0.667. The Bertz CT molecular complexity index is 693. The smallest absolute Gasteiger partial charge is 0.205 e. The summed E-state index contributed by atoms with van der Waals surface area (Å²) in [5, 5.41) is 8.29. The van der Waals surface area contributed by atoms with E-state index in [1.807, 2.05) is 49.6 Å². The molecule has 3 aromatic rings. The van der Waals surface area contributed by atoms with Gasteiger partial charge in [-0.3, -0.25) is 4.57 Å². The lowest BCUT2D eigenvalue weighted by Crippen LogP contribution is -2.03. The fourth-order valence-electron chi connectivity index (χ4n) is 2.14. The summed E-state index contributed by atoms with van der Waals surface area (Å²) in [6.07, 6.45) is 1.62. The van der Waals surface area contributed by atoms with Crippen LogP contribution in [-0.4, -0.2) is 19.7 Å². The Morgan fingerprint density at radius 1 is 1.11 bits per heavy atom. The zero-order chi connectivity index (χ0) is 13.4. The van der Waals surface area contributed by atoms with Crippen molar-refractivity contribution in [1.29, 1.82) is 0 Å². The fraction of sp³-hybridized carbons (Fsp3) is 0.214. The second-order valence-corrected chi connectivity index (χ2v) is 4.53. The van der Waals surface area contributed by atoms with Crippen LogP contribution in [-0.2, 0) is 0 Å². The molecule has 5 heteroatoms. The molecular weight excluding hydrogens is 240 g/mol. The van der Waals surface area contributed by atoms with Crippen molar-refractivity contribution >= 4 is 0 Å². The van der Waals surface area contributed by atoms with E-state index in [9.17, 15) is 0 Å². The lowest BCUT2D eigenvalue weighted by molar-refractivity contribution is 0.575. The van der Waals surface area contributed by atoms with E-state index < -0.39 is 0 Å². The Kier molecular flexibility index (Phi) is 2.67. The summed E-state index contributed by atoms with van der Waals surface area (Å²) >= 11 is 0. The second-order valence-electron chi connectivity index (χ2n) is 4.53. The zero-order valence-electron chi connectivity index (χ0n) is 11.1. The van der Waals surface area contributed by atoms with Crippen molar-refractivity contribution in [2.75, 3.05) is 0 Å². The van der Waals surface area contributed by atoms with Crippen molar-refractivity contribution in [1.82, 2.24) is 19.7 Å². The van der Waals surface area contributed by atoms with Crippen LogP contribution in [0.3, 0.4) is 0 Å². The standard InChI is InChI=1S/C14H14N4O/c1-9-7-10(2)15-13(8-9)18-11(3)16-17-14(18)12-5-4-6-19-12/h4-8H,1-3H3. The van der Waals surface area contributed by atoms with Gasteiger partial charge in [-0.05, 0) is 50.6 Å². The first-order valence-corrected chi connectivity index (χ1v) is 6.07. The van der Waals surface area contributed by atoms with Gasteiger partial charge in [0, 0.05) is 5.69 Å². The van der Waals surface area contributed by atoms with Crippen LogP contribution in [0.4, 0.5) is 0 Å². The monoisotopic (exact) mass is 254 g/mol. The predicted octanol–water partition coefficient (Wildman–Crippen LogP) is 2.85. The van der Waals surface area contributed by atoms with E-state index in [1.54, 1.807) is 6.26 Å². The first-order valence-electron chi connectivity index (χ1n) is 6.07. The van der Waals surface area contributed by atoms with Gasteiger partial charge in [0.1, 0.15) is 11.6 Å². The molecule has 0 amide bonds. The quantitative estimate of drug-likeness (QED) is 0.705. The molecule has 0 N–H and O–H groups in total. The van der Waals surface area contributed by atoms with Crippen LogP contribution < -0.4 is 0 Å². The highest BCUT2D eigenvalue weighted by molar-refractivity contribution is 5.51. The molecule has 0 spiro atoms. The summed E-state index contributed by atoms with van der Waals surface area (Å²) in [5.74, 6) is 2.94. The normalized spacial score (nSPS) is 10.9. The van der Waals surface area contributed by atoms with Crippen LogP contribution in [0, 0.1) is 20.8 Å². The first kappa shape index (κ1) is 11.6. The summed E-state index contributed by atoms with van der Waals surface area (Å²) < 4.78 is 7.31. The van der Waals surface area contributed by atoms with Crippen molar-refractivity contribution < 1.29 is 4.42 Å². The zero-order valence-corrected chi connectivity index (χ0v) is 11.1. The average molecular weight is 254 g/mol. The van der Waals surface area contributed by atoms with Crippen molar-refractivity contribution in [2.45, 2.75) is 20.8 Å². The van der Waals surface area contributed by atoms with Crippen molar-refractivity contribution in [2.24, 2.45) is 0 Å². The van der Waals surface area contributed by atoms with E-state index in [0.29, 0.717) is 11.6 Å². The number of pyridine rings is 1. The van der Waals surface area contributed by atoms with Crippen LogP contribution in [0.5, 0.6) is 0 Å². The number of nitrogens with zero attached hydrogens (tertiary/aromatic N) is 4. The summed E-state index contributed by atoms with van der Waals surface area (Å²) in [6.45, 7) is 5.92. The van der Waals surface area contributed by atoms with Crippen LogP contribution in [0.15, 0.2) is 34.9 Å². The molecule has 0 aliphatic rings. The summed E-state index contributed by atoms with van der Waals surface area (Å²) in [7, 11) is 0. The van der Waals surface area contributed by atoms with E-state index in [4.69, 9.17) is 4.42 Å². The van der Waals surface area contributed by atoms with Crippen LogP contribution >= 0.6 is 0 Å². The SMILES string of the molecule is Cc1cc(C)nc(-n2c(C)nnc2-c2ccco2)c1. The van der Waals surface area contributed by atoms with E-state index in [-0.39, 0.29) is 0 Å². The molecule has 3 heterocycles. The maximum atomic E-state index is 5.40. The van der Waals surface area contributed by atoms with Gasteiger partial charge in [0.25, 0.3) is 0 Å². The molecule has 0 radical (unpaired) electrons. The molecule has 0 bridgehead atoms. The molecule has 5 nitrogen and oxygen atoms in total. The number of furan rings is 1. The number of aryl methyl sites for hydroxylation is 3. The van der Waals surface area contributed by atoms with Crippen LogP contribution in [0.25, 0.3) is 17.4 Å². The Morgan fingerprint density at radius 2 is 1.95 bits per heavy atom. The maximum Gasteiger partial charge on any atom is 0.205 e. The van der Waals surface area contributed by atoms with Crippen molar-refractivity contribution in [3.05, 3.63) is 47.6 Å². The Hall–Kier alpha value is -2.43. The van der Waals surface area contributed by atoms with E-state index in [1.165, 1.54) is 0 Å². The van der Waals surface area contributed by atoms with Crippen molar-refractivity contribution in [3.63, 3.8) is 0 Å². The van der Waals surface area contributed by atoms with Gasteiger partial charge in [-0.15, -0.1) is 10.2 Å². The lowest BCUT2D eigenvalue weighted by atomic mass is 10.2. The Balaban J connectivity index is 2.22. The number of rotatable bonds is 2. The molecule has 0 fully saturated rings. The third-order valence-electron chi connectivity index (χ3n) is 2.88. The molecule has 0 saturated carbocycles. The van der Waals surface area contributed by atoms with Crippen molar-refractivity contribution in [3.8, 4) is 17.4 Å². The predicted molar refractivity (Wildman–Crippen MR) is 71.1 cm³/mol. The van der Waals surface area contributed by atoms with E-state index in [0.717, 1.165) is 22.9 Å². The Labute approximate surface area is 110 Å². The second kappa shape index (κ2) is 4.35.